The highest BCUT2D eigenvalue weighted by Gasteiger charge is 2.39. The molecule has 0 saturated heterocycles. The summed E-state index contributed by atoms with van der Waals surface area (Å²) < 4.78 is 10.5. The van der Waals surface area contributed by atoms with Gasteiger partial charge in [0.2, 0.25) is 11.8 Å². The molecule has 6 N–H and O–H groups in total. The van der Waals surface area contributed by atoms with Gasteiger partial charge in [-0.05, 0) is 205 Å². The van der Waals surface area contributed by atoms with Gasteiger partial charge in [0.05, 0.1) is 13.1 Å². The Labute approximate surface area is 508 Å². The molecule has 0 aliphatic heterocycles. The molecule has 84 heavy (non-hydrogen) atoms. The molecule has 488 valence electrons. The summed E-state index contributed by atoms with van der Waals surface area (Å²) in [5, 5.41) is 30.1. The smallest absolute Gasteiger partial charge is 0.410 e. The Morgan fingerprint density at radius 2 is 0.595 bits per heavy atom. The molecule has 0 aromatic heterocycles. The van der Waals surface area contributed by atoms with Gasteiger partial charge in [-0.2, -0.15) is 0 Å². The number of aliphatic hydroxyl groups is 2. The van der Waals surface area contributed by atoms with Gasteiger partial charge in [-0.15, -0.1) is 0 Å². The summed E-state index contributed by atoms with van der Waals surface area (Å²) in [5.74, 6) is 5.62. The van der Waals surface area contributed by atoms with Gasteiger partial charge in [-0.3, -0.25) is 28.8 Å². The van der Waals surface area contributed by atoms with Crippen molar-refractivity contribution in [3.05, 3.63) is 0 Å². The van der Waals surface area contributed by atoms with E-state index in [4.69, 9.17) is 9.47 Å². The zero-order chi connectivity index (χ0) is 64.2. The summed E-state index contributed by atoms with van der Waals surface area (Å²) in [6.07, 6.45) is 22.9. The summed E-state index contributed by atoms with van der Waals surface area (Å²) in [6, 6.07) is 0. The first-order valence-corrected chi connectivity index (χ1v) is 32.3. The maximum atomic E-state index is 12.1. The number of carbonyl (C=O) groups excluding carboxylic acids is 8. The van der Waals surface area contributed by atoms with E-state index in [2.05, 4.69) is 62.8 Å². The molecular formula is C66H122N6O12. The lowest BCUT2D eigenvalue weighted by Gasteiger charge is -2.32. The summed E-state index contributed by atoms with van der Waals surface area (Å²) in [6.45, 7) is 24.6. The van der Waals surface area contributed by atoms with E-state index < -0.39 is 34.6 Å². The molecule has 18 nitrogen and oxygen atoms in total. The lowest BCUT2D eigenvalue weighted by atomic mass is 9.79. The number of hydrogen-bond acceptors (Lipinski definition) is 12. The number of hydrogen-bond donors (Lipinski definition) is 6. The van der Waals surface area contributed by atoms with Gasteiger partial charge in [0.1, 0.15) is 22.4 Å². The van der Waals surface area contributed by atoms with Crippen LogP contribution < -0.4 is 21.3 Å². The highest BCUT2D eigenvalue weighted by Crippen LogP contribution is 2.34. The van der Waals surface area contributed by atoms with Gasteiger partial charge in [-0.1, -0.05) is 67.2 Å². The summed E-state index contributed by atoms with van der Waals surface area (Å²) in [4.78, 5) is 95.4. The van der Waals surface area contributed by atoms with E-state index in [0.29, 0.717) is 49.4 Å². The predicted octanol–water partition coefficient (Wildman–Crippen LogP) is 11.0. The van der Waals surface area contributed by atoms with Gasteiger partial charge >= 0.3 is 12.2 Å². The monoisotopic (exact) mass is 1190 g/mol. The molecule has 0 aromatic rings. The van der Waals surface area contributed by atoms with Crippen molar-refractivity contribution >= 4 is 47.4 Å². The SMILES string of the molecule is CC1CCC(C(=O)CN(C)C(=O)OC(C)(C)C)CC1.CC1CCC(C(=O)CN(C)C(=O)OC(C)(C)C)CC1.CNC(=O)C1(O)CCC(C)CC1.CNC(=O)C1(O)CCC(C)CC1.CNC(=O)C1CCC(C)CC1.CNC(=O)C1CCC(C)CC1. The van der Waals surface area contributed by atoms with E-state index in [1.165, 1.54) is 35.5 Å². The van der Waals surface area contributed by atoms with Gasteiger partial charge in [-0.25, -0.2) is 9.59 Å². The molecule has 6 rings (SSSR count). The number of amides is 6. The number of rotatable bonds is 10. The highest BCUT2D eigenvalue weighted by molar-refractivity contribution is 5.87. The average molecular weight is 1190 g/mol. The minimum Gasteiger partial charge on any atom is -0.444 e. The Kier molecular flexibility index (Phi) is 35.2. The summed E-state index contributed by atoms with van der Waals surface area (Å²) >= 11 is 0. The van der Waals surface area contributed by atoms with Gasteiger partial charge < -0.3 is 50.8 Å². The molecule has 6 fully saturated rings. The van der Waals surface area contributed by atoms with Crippen LogP contribution in [0.25, 0.3) is 0 Å². The zero-order valence-electron chi connectivity index (χ0n) is 56.0. The van der Waals surface area contributed by atoms with E-state index in [9.17, 15) is 48.6 Å². The molecule has 18 heteroatoms. The van der Waals surface area contributed by atoms with E-state index in [1.807, 2.05) is 41.5 Å². The zero-order valence-corrected chi connectivity index (χ0v) is 56.0. The Morgan fingerprint density at radius 3 is 0.798 bits per heavy atom. The fourth-order valence-corrected chi connectivity index (χ4v) is 11.6. The van der Waals surface area contributed by atoms with Gasteiger partial charge in [0.15, 0.2) is 11.6 Å². The Bertz CT molecular complexity index is 1830. The minimum absolute atomic E-state index is 0.126. The Balaban J connectivity index is 0.000000512. The molecule has 6 aliphatic rings. The van der Waals surface area contributed by atoms with Crippen LogP contribution in [0.1, 0.15) is 237 Å². The highest BCUT2D eigenvalue weighted by atomic mass is 16.6. The van der Waals surface area contributed by atoms with Crippen LogP contribution >= 0.6 is 0 Å². The number of nitrogens with zero attached hydrogens (tertiary/aromatic N) is 2. The van der Waals surface area contributed by atoms with E-state index in [0.717, 1.165) is 126 Å². The van der Waals surface area contributed by atoms with Crippen LogP contribution in [0.2, 0.25) is 0 Å². The molecule has 0 heterocycles. The van der Waals surface area contributed by atoms with E-state index >= 15 is 0 Å². The largest absolute Gasteiger partial charge is 0.444 e. The summed E-state index contributed by atoms with van der Waals surface area (Å²) in [7, 11) is 9.83. The molecule has 0 spiro atoms. The molecule has 0 bridgehead atoms. The van der Waals surface area contributed by atoms with Crippen LogP contribution in [0.5, 0.6) is 0 Å². The third-order valence-electron chi connectivity index (χ3n) is 17.9. The van der Waals surface area contributed by atoms with Crippen LogP contribution in [0.4, 0.5) is 9.59 Å². The molecule has 6 amide bonds. The Hall–Kier alpha value is -4.32. The molecule has 0 aromatic carbocycles. The van der Waals surface area contributed by atoms with E-state index in [1.54, 1.807) is 42.3 Å². The van der Waals surface area contributed by atoms with Crippen molar-refractivity contribution in [2.24, 2.45) is 59.2 Å². The van der Waals surface area contributed by atoms with Crippen molar-refractivity contribution in [2.45, 2.75) is 260 Å². The molecule has 0 radical (unpaired) electrons. The van der Waals surface area contributed by atoms with E-state index in [-0.39, 0.29) is 60.1 Å². The fraction of sp³-hybridized carbons (Fsp3) is 0.879. The number of ketones is 2. The summed E-state index contributed by atoms with van der Waals surface area (Å²) in [5.41, 5.74) is -3.20. The first-order valence-electron chi connectivity index (χ1n) is 32.3. The lowest BCUT2D eigenvalue weighted by Crippen LogP contribution is -2.47. The predicted molar refractivity (Wildman–Crippen MR) is 334 cm³/mol. The maximum absolute atomic E-state index is 12.1. The van der Waals surface area contributed by atoms with Crippen LogP contribution in [-0.2, 0) is 38.2 Å². The van der Waals surface area contributed by atoms with Crippen molar-refractivity contribution in [1.82, 2.24) is 31.1 Å². The van der Waals surface area contributed by atoms with Gasteiger partial charge in [0.25, 0.3) is 11.8 Å². The van der Waals surface area contributed by atoms with Crippen LogP contribution in [0.15, 0.2) is 0 Å². The van der Waals surface area contributed by atoms with Crippen molar-refractivity contribution in [3.8, 4) is 0 Å². The first kappa shape index (κ1) is 77.7. The standard InChI is InChI=1S/2C15H27NO3.2C9H17NO2.2C9H17NO/c2*1-11-6-8-12(9-7-11)13(17)10-16(5)14(18)19-15(2,3)4;2*1-7-3-5-9(12,6-4-7)8(11)10-2;2*1-7-3-5-8(6-4-7)9(11)10-2/h2*11-12H,6-10H2,1-5H3;2*7,12H,3-6H2,1-2H3,(H,10,11);2*7-8H,3-6H2,1-2H3,(H,10,11). The molecule has 6 saturated carbocycles. The van der Waals surface area contributed by atoms with Crippen molar-refractivity contribution < 1.29 is 58.0 Å². The fourth-order valence-electron chi connectivity index (χ4n) is 11.6. The molecule has 0 atom stereocenters. The second-order valence-electron chi connectivity index (χ2n) is 28.2. The van der Waals surface area contributed by atoms with Crippen molar-refractivity contribution in [3.63, 3.8) is 0 Å². The number of Topliss-reactive ketones (excluding diaryl/α,β-unsaturated/α-hetero) is 2. The molecular weight excluding hydrogens is 1070 g/mol. The van der Waals surface area contributed by atoms with Crippen LogP contribution in [0.3, 0.4) is 0 Å². The quantitative estimate of drug-likeness (QED) is 0.120. The van der Waals surface area contributed by atoms with Crippen LogP contribution in [0, 0.1) is 59.2 Å². The van der Waals surface area contributed by atoms with Gasteiger partial charge in [0, 0.05) is 66.0 Å². The maximum Gasteiger partial charge on any atom is 0.410 e. The number of carbonyl (C=O) groups is 8. The average Bonchev–Trinajstić information content (AvgIpc) is 3.54. The first-order chi connectivity index (χ1) is 39.0. The number of nitrogens with one attached hydrogen (secondary N) is 4. The minimum atomic E-state index is -1.08. The van der Waals surface area contributed by atoms with Crippen molar-refractivity contribution in [2.75, 3.05) is 55.4 Å². The Morgan fingerprint density at radius 1 is 0.381 bits per heavy atom. The normalized spacial score (nSPS) is 29.3. The second kappa shape index (κ2) is 38.1. The third kappa shape index (κ3) is 30.8. The molecule has 6 aliphatic carbocycles. The topological polar surface area (TPSA) is 250 Å². The number of likely N-dealkylation sites (N-methyl/N-ethyl adjacent to an activating group) is 4. The second-order valence-corrected chi connectivity index (χ2v) is 28.2. The lowest BCUT2D eigenvalue weighted by molar-refractivity contribution is -0.143. The molecule has 0 unspecified atom stereocenters. The number of ether oxygens (including phenoxy) is 2. The van der Waals surface area contributed by atoms with Crippen LogP contribution in [-0.4, -0.2) is 145 Å². The third-order valence-corrected chi connectivity index (χ3v) is 17.9. The van der Waals surface area contributed by atoms with Crippen molar-refractivity contribution in [1.29, 1.82) is 0 Å².